The highest BCUT2D eigenvalue weighted by Gasteiger charge is 1.84. The van der Waals surface area contributed by atoms with Crippen LogP contribution in [0, 0.1) is 0 Å². The molecule has 0 radical (unpaired) electrons. The van der Waals surface area contributed by atoms with Gasteiger partial charge in [-0.15, -0.1) is 0 Å². The quantitative estimate of drug-likeness (QED) is 0.480. The third-order valence-electron chi connectivity index (χ3n) is 1.01. The minimum Gasteiger partial charge on any atom is -0.478 e. The molecule has 0 fully saturated rings. The van der Waals surface area contributed by atoms with E-state index in [-0.39, 0.29) is 0 Å². The van der Waals surface area contributed by atoms with Gasteiger partial charge in [-0.3, -0.25) is 0 Å². The SMILES string of the molecule is CC/C=C(C)\C=C\C(=O)O. The highest BCUT2D eigenvalue weighted by Crippen LogP contribution is 1.95. The summed E-state index contributed by atoms with van der Waals surface area (Å²) < 4.78 is 0. The first-order valence-electron chi connectivity index (χ1n) is 3.24. The topological polar surface area (TPSA) is 37.3 Å². The van der Waals surface area contributed by atoms with Crippen LogP contribution in [0.3, 0.4) is 0 Å². The zero-order valence-corrected chi connectivity index (χ0v) is 6.29. The second kappa shape index (κ2) is 4.79. The minimum atomic E-state index is -0.899. The van der Waals surface area contributed by atoms with E-state index in [0.29, 0.717) is 0 Å². The van der Waals surface area contributed by atoms with Gasteiger partial charge in [0.2, 0.25) is 0 Å². The van der Waals surface area contributed by atoms with Gasteiger partial charge in [-0.25, -0.2) is 4.79 Å². The number of carboxylic acid groups (broad SMARTS) is 1. The van der Waals surface area contributed by atoms with E-state index in [2.05, 4.69) is 0 Å². The molecule has 0 aromatic carbocycles. The summed E-state index contributed by atoms with van der Waals surface area (Å²) in [6.45, 7) is 3.89. The lowest BCUT2D eigenvalue weighted by Crippen LogP contribution is -1.85. The number of carbonyl (C=O) groups is 1. The van der Waals surface area contributed by atoms with Crippen molar-refractivity contribution >= 4 is 5.97 Å². The van der Waals surface area contributed by atoms with E-state index in [4.69, 9.17) is 5.11 Å². The zero-order chi connectivity index (χ0) is 7.98. The van der Waals surface area contributed by atoms with Crippen molar-refractivity contribution in [2.24, 2.45) is 0 Å². The molecule has 0 aromatic heterocycles. The molecular weight excluding hydrogens is 128 g/mol. The molecule has 0 saturated heterocycles. The van der Waals surface area contributed by atoms with Crippen LogP contribution in [-0.4, -0.2) is 11.1 Å². The molecule has 0 aliphatic carbocycles. The Morgan fingerprint density at radius 2 is 2.10 bits per heavy atom. The third kappa shape index (κ3) is 5.09. The van der Waals surface area contributed by atoms with Gasteiger partial charge in [-0.05, 0) is 13.3 Å². The molecule has 0 saturated carbocycles. The van der Waals surface area contributed by atoms with E-state index in [9.17, 15) is 4.79 Å². The molecule has 2 nitrogen and oxygen atoms in total. The molecule has 0 spiro atoms. The summed E-state index contributed by atoms with van der Waals surface area (Å²) in [5, 5.41) is 8.22. The monoisotopic (exact) mass is 140 g/mol. The first kappa shape index (κ1) is 8.95. The van der Waals surface area contributed by atoms with Gasteiger partial charge in [0.1, 0.15) is 0 Å². The molecule has 0 heterocycles. The van der Waals surface area contributed by atoms with E-state index in [1.54, 1.807) is 6.08 Å². The summed E-state index contributed by atoms with van der Waals surface area (Å²) in [4.78, 5) is 9.99. The van der Waals surface area contributed by atoms with Crippen LogP contribution in [0.15, 0.2) is 23.8 Å². The summed E-state index contributed by atoms with van der Waals surface area (Å²) in [5.74, 6) is -0.899. The van der Waals surface area contributed by atoms with Crippen LogP contribution in [0.25, 0.3) is 0 Å². The van der Waals surface area contributed by atoms with Crippen molar-refractivity contribution in [2.75, 3.05) is 0 Å². The summed E-state index contributed by atoms with van der Waals surface area (Å²) in [6.07, 6.45) is 5.64. The fourth-order valence-electron chi connectivity index (χ4n) is 0.593. The fourth-order valence-corrected chi connectivity index (χ4v) is 0.593. The average Bonchev–Trinajstić information content (AvgIpc) is 1.85. The van der Waals surface area contributed by atoms with E-state index in [1.807, 2.05) is 19.9 Å². The van der Waals surface area contributed by atoms with Crippen molar-refractivity contribution in [1.82, 2.24) is 0 Å². The van der Waals surface area contributed by atoms with Crippen LogP contribution in [0.1, 0.15) is 20.3 Å². The van der Waals surface area contributed by atoms with Crippen molar-refractivity contribution in [3.05, 3.63) is 23.8 Å². The Balaban J connectivity index is 3.89. The van der Waals surface area contributed by atoms with Crippen molar-refractivity contribution in [2.45, 2.75) is 20.3 Å². The van der Waals surface area contributed by atoms with Crippen molar-refractivity contribution in [3.63, 3.8) is 0 Å². The van der Waals surface area contributed by atoms with Crippen LogP contribution >= 0.6 is 0 Å². The van der Waals surface area contributed by atoms with Gasteiger partial charge >= 0.3 is 5.97 Å². The number of carboxylic acids is 1. The van der Waals surface area contributed by atoms with Gasteiger partial charge in [0.25, 0.3) is 0 Å². The number of rotatable bonds is 3. The molecular formula is C8H12O2. The Hall–Kier alpha value is -1.05. The summed E-state index contributed by atoms with van der Waals surface area (Å²) >= 11 is 0. The molecule has 0 aliphatic rings. The standard InChI is InChI=1S/C8H12O2/c1-3-4-7(2)5-6-8(9)10/h4-6H,3H2,1-2H3,(H,9,10)/b6-5+,7-4-. The smallest absolute Gasteiger partial charge is 0.328 e. The average molecular weight is 140 g/mol. The van der Waals surface area contributed by atoms with Gasteiger partial charge in [0.15, 0.2) is 0 Å². The van der Waals surface area contributed by atoms with E-state index >= 15 is 0 Å². The fraction of sp³-hybridized carbons (Fsp3) is 0.375. The summed E-state index contributed by atoms with van der Waals surface area (Å²) in [7, 11) is 0. The largest absolute Gasteiger partial charge is 0.478 e. The normalized spacial score (nSPS) is 12.4. The number of hydrogen-bond donors (Lipinski definition) is 1. The minimum absolute atomic E-state index is 0.899. The molecule has 56 valence electrons. The maximum absolute atomic E-state index is 9.99. The van der Waals surface area contributed by atoms with Gasteiger partial charge in [-0.1, -0.05) is 24.6 Å². The predicted molar refractivity (Wildman–Crippen MR) is 40.8 cm³/mol. The van der Waals surface area contributed by atoms with Crippen LogP contribution in [0.5, 0.6) is 0 Å². The second-order valence-corrected chi connectivity index (χ2v) is 2.03. The zero-order valence-electron chi connectivity index (χ0n) is 6.29. The van der Waals surface area contributed by atoms with Gasteiger partial charge in [0, 0.05) is 6.08 Å². The Morgan fingerprint density at radius 3 is 2.50 bits per heavy atom. The van der Waals surface area contributed by atoms with Crippen LogP contribution in [0.4, 0.5) is 0 Å². The predicted octanol–water partition coefficient (Wildman–Crippen LogP) is 1.98. The van der Waals surface area contributed by atoms with Crippen molar-refractivity contribution in [1.29, 1.82) is 0 Å². The molecule has 0 rings (SSSR count). The van der Waals surface area contributed by atoms with Crippen LogP contribution in [0.2, 0.25) is 0 Å². The Bertz CT molecular complexity index is 166. The maximum atomic E-state index is 9.99. The molecule has 0 bridgehead atoms. The van der Waals surface area contributed by atoms with Crippen LogP contribution in [-0.2, 0) is 4.79 Å². The van der Waals surface area contributed by atoms with Crippen molar-refractivity contribution < 1.29 is 9.90 Å². The van der Waals surface area contributed by atoms with Crippen molar-refractivity contribution in [3.8, 4) is 0 Å². The molecule has 0 unspecified atom stereocenters. The number of aliphatic carboxylic acids is 1. The molecule has 0 amide bonds. The first-order valence-corrected chi connectivity index (χ1v) is 3.24. The van der Waals surface area contributed by atoms with Crippen LogP contribution < -0.4 is 0 Å². The molecule has 0 atom stereocenters. The van der Waals surface area contributed by atoms with Gasteiger partial charge in [0.05, 0.1) is 0 Å². The first-order chi connectivity index (χ1) is 4.66. The molecule has 0 aliphatic heterocycles. The van der Waals surface area contributed by atoms with E-state index < -0.39 is 5.97 Å². The highest BCUT2D eigenvalue weighted by molar-refractivity contribution is 5.80. The van der Waals surface area contributed by atoms with Gasteiger partial charge in [-0.2, -0.15) is 0 Å². The Labute approximate surface area is 60.9 Å². The molecule has 2 heteroatoms. The molecule has 10 heavy (non-hydrogen) atoms. The van der Waals surface area contributed by atoms with E-state index in [1.165, 1.54) is 0 Å². The molecule has 1 N–H and O–H groups in total. The Morgan fingerprint density at radius 1 is 1.50 bits per heavy atom. The summed E-state index contributed by atoms with van der Waals surface area (Å²) in [6, 6.07) is 0. The lowest BCUT2D eigenvalue weighted by atomic mass is 10.2. The summed E-state index contributed by atoms with van der Waals surface area (Å²) in [5.41, 5.74) is 0.991. The highest BCUT2D eigenvalue weighted by atomic mass is 16.4. The van der Waals surface area contributed by atoms with E-state index in [0.717, 1.165) is 18.1 Å². The number of hydrogen-bond acceptors (Lipinski definition) is 1. The number of allylic oxidation sites excluding steroid dienone is 3. The second-order valence-electron chi connectivity index (χ2n) is 2.03. The lowest BCUT2D eigenvalue weighted by molar-refractivity contribution is -0.131. The molecule has 0 aromatic rings. The lowest BCUT2D eigenvalue weighted by Gasteiger charge is -1.86. The maximum Gasteiger partial charge on any atom is 0.328 e. The third-order valence-corrected chi connectivity index (χ3v) is 1.01. The Kier molecular flexibility index (Phi) is 4.29. The van der Waals surface area contributed by atoms with Gasteiger partial charge < -0.3 is 5.11 Å².